The fraction of sp³-hybridized carbons (Fsp3) is 0.235. The van der Waals surface area contributed by atoms with Crippen molar-refractivity contribution < 1.29 is 16.1 Å². The van der Waals surface area contributed by atoms with Crippen molar-refractivity contribution in [3.63, 3.8) is 0 Å². The van der Waals surface area contributed by atoms with Gasteiger partial charge >= 0.3 is 0 Å². The third-order valence-corrected chi connectivity index (χ3v) is 4.37. The predicted octanol–water partition coefficient (Wildman–Crippen LogP) is 1.85. The summed E-state index contributed by atoms with van der Waals surface area (Å²) in [5, 5.41) is 14.6. The highest BCUT2D eigenvalue weighted by atomic mass is 16.3. The summed E-state index contributed by atoms with van der Waals surface area (Å²) in [6.45, 7) is 4.11. The van der Waals surface area contributed by atoms with Gasteiger partial charge in [-0.05, 0) is 37.1 Å². The average Bonchev–Trinajstić information content (AvgIpc) is 2.87. The van der Waals surface area contributed by atoms with Gasteiger partial charge in [-0.1, -0.05) is 25.1 Å². The quantitative estimate of drug-likeness (QED) is 0.785. The van der Waals surface area contributed by atoms with E-state index in [1.54, 1.807) is 11.2 Å². The molecule has 0 aliphatic carbocycles. The van der Waals surface area contributed by atoms with Crippen molar-refractivity contribution in [1.82, 2.24) is 4.98 Å². The monoisotopic (exact) mass is 312 g/mol. The van der Waals surface area contributed by atoms with Crippen molar-refractivity contribution in [2.75, 3.05) is 10.0 Å². The zero-order valence-electron chi connectivity index (χ0n) is 13.1. The maximum absolute atomic E-state index is 10.7. The molecule has 0 saturated heterocycles. The lowest BCUT2D eigenvalue weighted by Gasteiger charge is -2.29. The van der Waals surface area contributed by atoms with E-state index >= 15 is 0 Å². The van der Waals surface area contributed by atoms with Crippen LogP contribution in [-0.2, 0) is 6.42 Å². The van der Waals surface area contributed by atoms with E-state index in [-0.39, 0.29) is 11.4 Å². The summed E-state index contributed by atoms with van der Waals surface area (Å²) in [6.07, 6.45) is 2.73. The number of nitrogens with two attached hydrogens (primary N) is 1. The summed E-state index contributed by atoms with van der Waals surface area (Å²) in [7, 11) is 0. The summed E-state index contributed by atoms with van der Waals surface area (Å²) in [6, 6.07) is 12.3. The van der Waals surface area contributed by atoms with Crippen LogP contribution in [0.1, 0.15) is 18.2 Å². The molecule has 4 rings (SSSR count). The second-order valence-corrected chi connectivity index (χ2v) is 5.96. The van der Waals surface area contributed by atoms with Crippen molar-refractivity contribution in [3.8, 4) is 0 Å². The molecule has 0 fully saturated rings. The average molecular weight is 312 g/mol. The van der Waals surface area contributed by atoms with Gasteiger partial charge in [-0.15, -0.1) is 10.5 Å². The Kier molecular flexibility index (Phi) is 3.71. The standard InChI is InChI=1S/C17H18N4O.H2O/c1-11-9-13-5-3-4-6-15(13)21-16(11)17(22)20(19-21)14-8-7-12(2)18-10-14;/h3-8,10-11,19,22H,9H2,1-2H3;1H2. The zero-order valence-corrected chi connectivity index (χ0v) is 13.1. The van der Waals surface area contributed by atoms with Crippen LogP contribution < -0.4 is 15.6 Å². The van der Waals surface area contributed by atoms with Crippen LogP contribution in [0.25, 0.3) is 0 Å². The first-order valence-electron chi connectivity index (χ1n) is 7.52. The molecule has 6 heteroatoms. The summed E-state index contributed by atoms with van der Waals surface area (Å²) >= 11 is 0. The van der Waals surface area contributed by atoms with Crippen LogP contribution >= 0.6 is 0 Å². The molecule has 23 heavy (non-hydrogen) atoms. The summed E-state index contributed by atoms with van der Waals surface area (Å²) in [5.74, 6) is 0.571. The van der Waals surface area contributed by atoms with Crippen molar-refractivity contribution in [2.24, 2.45) is 5.92 Å². The van der Waals surface area contributed by atoms with Crippen molar-refractivity contribution in [3.05, 3.63) is 65.4 Å². The van der Waals surface area contributed by atoms with Crippen LogP contribution in [0.2, 0.25) is 0 Å². The number of hydrogen-bond donors (Lipinski definition) is 2. The van der Waals surface area contributed by atoms with Crippen LogP contribution in [0.3, 0.4) is 0 Å². The van der Waals surface area contributed by atoms with Gasteiger partial charge < -0.3 is 10.6 Å². The number of para-hydroxylation sites is 1. The predicted molar refractivity (Wildman–Crippen MR) is 86.8 cm³/mol. The number of quaternary nitrogens is 1. The number of nitrogens with zero attached hydrogens (tertiary/aromatic N) is 3. The first-order valence-corrected chi connectivity index (χ1v) is 7.52. The number of allylic oxidation sites excluding steroid dienone is 1. The van der Waals surface area contributed by atoms with E-state index < -0.39 is 0 Å². The number of fused-ring (bicyclic) bond motifs is 3. The number of aryl methyl sites for hydroxylation is 1. The lowest BCUT2D eigenvalue weighted by molar-refractivity contribution is -0.662. The molecule has 0 radical (unpaired) electrons. The van der Waals surface area contributed by atoms with Gasteiger partial charge in [-0.3, -0.25) is 4.98 Å². The SMILES string of the molecule is Cc1ccc(N2[NH2+]N3C(=C2O)C(C)Cc2ccccc23)cn1.[OH-]. The Balaban J connectivity index is 0.00000156. The zero-order chi connectivity index (χ0) is 15.3. The molecule has 1 atom stereocenters. The molecule has 2 aliphatic heterocycles. The Morgan fingerprint density at radius 3 is 2.70 bits per heavy atom. The number of aliphatic hydroxyl groups is 1. The highest BCUT2D eigenvalue weighted by molar-refractivity contribution is 5.62. The van der Waals surface area contributed by atoms with Crippen LogP contribution in [0.5, 0.6) is 0 Å². The first kappa shape index (κ1) is 15.3. The minimum Gasteiger partial charge on any atom is -0.870 e. The third kappa shape index (κ3) is 2.32. The maximum Gasteiger partial charge on any atom is 0.267 e. The normalized spacial score (nSPS) is 19.3. The molecule has 0 amide bonds. The molecule has 2 aromatic rings. The maximum atomic E-state index is 10.7. The van der Waals surface area contributed by atoms with Crippen LogP contribution in [0.4, 0.5) is 11.4 Å². The van der Waals surface area contributed by atoms with Crippen molar-refractivity contribution in [2.45, 2.75) is 20.3 Å². The fourth-order valence-corrected chi connectivity index (χ4v) is 3.25. The molecule has 6 nitrogen and oxygen atoms in total. The topological polar surface area (TPSA) is 86.2 Å². The Labute approximate surface area is 134 Å². The molecule has 0 spiro atoms. The van der Waals surface area contributed by atoms with Gasteiger partial charge in [0.15, 0.2) is 0 Å². The van der Waals surface area contributed by atoms with Gasteiger partial charge in [-0.2, -0.15) is 5.01 Å². The number of hydrogen-bond acceptors (Lipinski definition) is 5. The molecule has 0 saturated carbocycles. The molecular formula is C17H20N4O2. The van der Waals surface area contributed by atoms with E-state index in [0.29, 0.717) is 5.88 Å². The van der Waals surface area contributed by atoms with Gasteiger partial charge in [0.2, 0.25) is 0 Å². The molecule has 1 aromatic heterocycles. The highest BCUT2D eigenvalue weighted by Crippen LogP contribution is 2.37. The van der Waals surface area contributed by atoms with Gasteiger partial charge in [-0.25, -0.2) is 0 Å². The second kappa shape index (κ2) is 5.57. The molecule has 0 bridgehead atoms. The lowest BCUT2D eigenvalue weighted by atomic mass is 9.92. The summed E-state index contributed by atoms with van der Waals surface area (Å²) in [5.41, 5.74) is 7.20. The molecule has 120 valence electrons. The first-order chi connectivity index (χ1) is 10.6. The van der Waals surface area contributed by atoms with Gasteiger partial charge in [0.05, 0.1) is 11.9 Å². The van der Waals surface area contributed by atoms with E-state index in [4.69, 9.17) is 0 Å². The van der Waals surface area contributed by atoms with Crippen molar-refractivity contribution >= 4 is 11.4 Å². The molecule has 1 unspecified atom stereocenters. The van der Waals surface area contributed by atoms with E-state index in [0.717, 1.165) is 29.2 Å². The fourth-order valence-electron chi connectivity index (χ4n) is 3.25. The van der Waals surface area contributed by atoms with Crippen LogP contribution in [0, 0.1) is 12.8 Å². The number of aliphatic hydroxyl groups excluding tert-OH is 1. The number of rotatable bonds is 1. The Morgan fingerprint density at radius 2 is 1.96 bits per heavy atom. The van der Waals surface area contributed by atoms with Crippen LogP contribution in [-0.4, -0.2) is 15.6 Å². The van der Waals surface area contributed by atoms with E-state index in [9.17, 15) is 5.11 Å². The Bertz CT molecular complexity index is 757. The molecule has 3 heterocycles. The van der Waals surface area contributed by atoms with Gasteiger partial charge in [0.1, 0.15) is 11.4 Å². The summed E-state index contributed by atoms with van der Waals surface area (Å²) in [4.78, 5) is 4.32. The Morgan fingerprint density at radius 1 is 1.17 bits per heavy atom. The van der Waals surface area contributed by atoms with Crippen molar-refractivity contribution in [1.29, 1.82) is 0 Å². The lowest BCUT2D eigenvalue weighted by Crippen LogP contribution is -2.99. The van der Waals surface area contributed by atoms with E-state index in [1.807, 2.05) is 30.7 Å². The second-order valence-electron chi connectivity index (χ2n) is 5.96. The molecule has 4 N–H and O–H groups in total. The van der Waals surface area contributed by atoms with E-state index in [1.165, 1.54) is 5.56 Å². The molecule has 1 aromatic carbocycles. The largest absolute Gasteiger partial charge is 0.870 e. The smallest absolute Gasteiger partial charge is 0.267 e. The number of aromatic nitrogens is 1. The molecule has 2 aliphatic rings. The van der Waals surface area contributed by atoms with Gasteiger partial charge in [0, 0.05) is 11.6 Å². The highest BCUT2D eigenvalue weighted by Gasteiger charge is 2.42. The number of benzene rings is 1. The number of pyridine rings is 1. The summed E-state index contributed by atoms with van der Waals surface area (Å²) < 4.78 is 0. The number of anilines is 2. The van der Waals surface area contributed by atoms with Gasteiger partial charge in [0.25, 0.3) is 5.88 Å². The minimum atomic E-state index is 0. The third-order valence-electron chi connectivity index (χ3n) is 4.37. The van der Waals surface area contributed by atoms with Crippen LogP contribution in [0.15, 0.2) is 54.2 Å². The minimum absolute atomic E-state index is 0. The van der Waals surface area contributed by atoms with E-state index in [2.05, 4.69) is 35.1 Å². The molecular weight excluding hydrogens is 292 g/mol. The Hall–Kier alpha value is -2.57.